The highest BCUT2D eigenvalue weighted by molar-refractivity contribution is 5.27. The molecule has 28 heavy (non-hydrogen) atoms. The van der Waals surface area contributed by atoms with Crippen LogP contribution >= 0.6 is 0 Å². The van der Waals surface area contributed by atoms with E-state index in [9.17, 15) is 5.11 Å². The quantitative estimate of drug-likeness (QED) is 0.385. The summed E-state index contributed by atoms with van der Waals surface area (Å²) in [4.78, 5) is 0. The SMILES string of the molecule is CCCCCCCCCCC[C@H](O)C[C@H]1CCO[C@@H](c2ccc(OC)cc2)O1. The standard InChI is InChI=1S/C24H40O4/c1-3-4-5-6-7-8-9-10-11-12-21(25)19-23-17-18-27-24(28-23)20-13-15-22(26-2)16-14-20/h13-16,21,23-25H,3-12,17-19H2,1-2H3/t21-,23+,24+/m0/s1. The Morgan fingerprint density at radius 1 is 1.00 bits per heavy atom. The zero-order chi connectivity index (χ0) is 20.0. The summed E-state index contributed by atoms with van der Waals surface area (Å²) in [5.74, 6) is 0.826. The van der Waals surface area contributed by atoms with Crippen molar-refractivity contribution in [2.24, 2.45) is 0 Å². The summed E-state index contributed by atoms with van der Waals surface area (Å²) >= 11 is 0. The van der Waals surface area contributed by atoms with Crippen LogP contribution < -0.4 is 4.74 Å². The summed E-state index contributed by atoms with van der Waals surface area (Å²) in [6, 6.07) is 7.80. The van der Waals surface area contributed by atoms with Crippen molar-refractivity contribution >= 4 is 0 Å². The van der Waals surface area contributed by atoms with Crippen LogP contribution in [0.15, 0.2) is 24.3 Å². The molecule has 1 saturated heterocycles. The Morgan fingerprint density at radius 2 is 1.64 bits per heavy atom. The zero-order valence-corrected chi connectivity index (χ0v) is 17.9. The maximum Gasteiger partial charge on any atom is 0.184 e. The molecular formula is C24H40O4. The second-order valence-corrected chi connectivity index (χ2v) is 8.03. The van der Waals surface area contributed by atoms with Crippen LogP contribution in [0.25, 0.3) is 0 Å². The van der Waals surface area contributed by atoms with E-state index >= 15 is 0 Å². The fraction of sp³-hybridized carbons (Fsp3) is 0.750. The Morgan fingerprint density at radius 3 is 2.29 bits per heavy atom. The lowest BCUT2D eigenvalue weighted by Crippen LogP contribution is -2.30. The smallest absolute Gasteiger partial charge is 0.184 e. The number of hydrogen-bond donors (Lipinski definition) is 1. The molecule has 0 bridgehead atoms. The first-order valence-corrected chi connectivity index (χ1v) is 11.3. The molecule has 1 aliphatic rings. The molecule has 0 aliphatic carbocycles. The molecule has 3 atom stereocenters. The number of aliphatic hydroxyl groups is 1. The maximum atomic E-state index is 10.4. The Balaban J connectivity index is 1.58. The molecule has 160 valence electrons. The molecule has 0 saturated carbocycles. The van der Waals surface area contributed by atoms with Crippen LogP contribution in [0.5, 0.6) is 5.75 Å². The molecule has 1 fully saturated rings. The Labute approximate surface area is 171 Å². The number of ether oxygens (including phenoxy) is 3. The van der Waals surface area contributed by atoms with Crippen LogP contribution in [-0.2, 0) is 9.47 Å². The first-order chi connectivity index (χ1) is 13.7. The fourth-order valence-corrected chi connectivity index (χ4v) is 3.81. The summed E-state index contributed by atoms with van der Waals surface area (Å²) < 4.78 is 17.0. The predicted molar refractivity (Wildman–Crippen MR) is 114 cm³/mol. The van der Waals surface area contributed by atoms with Gasteiger partial charge in [-0.1, -0.05) is 76.8 Å². The second kappa shape index (κ2) is 14.0. The van der Waals surface area contributed by atoms with E-state index in [4.69, 9.17) is 14.2 Å². The first kappa shape index (κ1) is 23.2. The zero-order valence-electron chi connectivity index (χ0n) is 17.9. The van der Waals surface area contributed by atoms with Gasteiger partial charge >= 0.3 is 0 Å². The summed E-state index contributed by atoms with van der Waals surface area (Å²) in [7, 11) is 1.66. The average Bonchev–Trinajstić information content (AvgIpc) is 2.73. The van der Waals surface area contributed by atoms with Gasteiger partial charge in [0.15, 0.2) is 6.29 Å². The molecule has 4 nitrogen and oxygen atoms in total. The molecule has 1 N–H and O–H groups in total. The molecule has 1 aromatic carbocycles. The lowest BCUT2D eigenvalue weighted by atomic mass is 10.0. The third-order valence-corrected chi connectivity index (χ3v) is 5.59. The Kier molecular flexibility index (Phi) is 11.6. The van der Waals surface area contributed by atoms with Crippen LogP contribution in [-0.4, -0.2) is 31.0 Å². The summed E-state index contributed by atoms with van der Waals surface area (Å²) in [5.41, 5.74) is 0.999. The fourth-order valence-electron chi connectivity index (χ4n) is 3.81. The van der Waals surface area contributed by atoms with Crippen LogP contribution in [0, 0.1) is 0 Å². The largest absolute Gasteiger partial charge is 0.497 e. The van der Waals surface area contributed by atoms with Gasteiger partial charge in [0.05, 0.1) is 25.9 Å². The highest BCUT2D eigenvalue weighted by atomic mass is 16.7. The number of hydrogen-bond acceptors (Lipinski definition) is 4. The van der Waals surface area contributed by atoms with Crippen molar-refractivity contribution in [2.45, 2.75) is 102 Å². The normalized spacial score (nSPS) is 20.8. The van der Waals surface area contributed by atoms with Crippen molar-refractivity contribution in [1.29, 1.82) is 0 Å². The molecule has 0 spiro atoms. The first-order valence-electron chi connectivity index (χ1n) is 11.3. The van der Waals surface area contributed by atoms with E-state index in [1.165, 1.54) is 51.4 Å². The molecule has 1 aliphatic heterocycles. The molecule has 1 heterocycles. The summed E-state index contributed by atoms with van der Waals surface area (Å²) in [6.45, 7) is 2.93. The molecule has 0 unspecified atom stereocenters. The van der Waals surface area contributed by atoms with E-state index in [-0.39, 0.29) is 18.5 Å². The maximum absolute atomic E-state index is 10.4. The van der Waals surface area contributed by atoms with Gasteiger partial charge in [0, 0.05) is 5.56 Å². The van der Waals surface area contributed by atoms with E-state index in [1.54, 1.807) is 7.11 Å². The van der Waals surface area contributed by atoms with Crippen LogP contribution in [0.3, 0.4) is 0 Å². The third-order valence-electron chi connectivity index (χ3n) is 5.59. The lowest BCUT2D eigenvalue weighted by Gasteiger charge is -2.31. The Hall–Kier alpha value is -1.10. The van der Waals surface area contributed by atoms with Gasteiger partial charge < -0.3 is 19.3 Å². The van der Waals surface area contributed by atoms with Gasteiger partial charge in [-0.2, -0.15) is 0 Å². The number of unbranched alkanes of at least 4 members (excludes halogenated alkanes) is 8. The average molecular weight is 393 g/mol. The molecule has 0 amide bonds. The minimum Gasteiger partial charge on any atom is -0.497 e. The molecular weight excluding hydrogens is 352 g/mol. The van der Waals surface area contributed by atoms with Crippen molar-refractivity contribution in [3.8, 4) is 5.75 Å². The van der Waals surface area contributed by atoms with Gasteiger partial charge in [0.25, 0.3) is 0 Å². The van der Waals surface area contributed by atoms with E-state index < -0.39 is 0 Å². The summed E-state index contributed by atoms with van der Waals surface area (Å²) in [5, 5.41) is 10.4. The van der Waals surface area contributed by atoms with E-state index in [1.807, 2.05) is 24.3 Å². The van der Waals surface area contributed by atoms with Gasteiger partial charge in [-0.25, -0.2) is 0 Å². The molecule has 0 aromatic heterocycles. The van der Waals surface area contributed by atoms with Crippen molar-refractivity contribution in [2.75, 3.05) is 13.7 Å². The van der Waals surface area contributed by atoms with Crippen LogP contribution in [0.2, 0.25) is 0 Å². The van der Waals surface area contributed by atoms with Gasteiger partial charge in [0.2, 0.25) is 0 Å². The number of aliphatic hydroxyl groups excluding tert-OH is 1. The van der Waals surface area contributed by atoms with Crippen LogP contribution in [0.1, 0.15) is 95.8 Å². The molecule has 0 radical (unpaired) electrons. The third kappa shape index (κ3) is 8.93. The monoisotopic (exact) mass is 392 g/mol. The number of benzene rings is 1. The molecule has 1 aromatic rings. The second-order valence-electron chi connectivity index (χ2n) is 8.03. The van der Waals surface area contributed by atoms with Gasteiger partial charge in [-0.3, -0.25) is 0 Å². The van der Waals surface area contributed by atoms with Crippen molar-refractivity contribution in [3.63, 3.8) is 0 Å². The van der Waals surface area contributed by atoms with Crippen molar-refractivity contribution in [3.05, 3.63) is 29.8 Å². The van der Waals surface area contributed by atoms with E-state index in [0.717, 1.165) is 30.6 Å². The highest BCUT2D eigenvalue weighted by Gasteiger charge is 2.26. The highest BCUT2D eigenvalue weighted by Crippen LogP contribution is 2.29. The molecule has 2 rings (SSSR count). The lowest BCUT2D eigenvalue weighted by molar-refractivity contribution is -0.222. The summed E-state index contributed by atoms with van der Waals surface area (Å²) in [6.07, 6.45) is 13.7. The van der Waals surface area contributed by atoms with Crippen LogP contribution in [0.4, 0.5) is 0 Å². The molecule has 4 heteroatoms. The van der Waals surface area contributed by atoms with Crippen molar-refractivity contribution in [1.82, 2.24) is 0 Å². The predicted octanol–water partition coefficient (Wildman–Crippen LogP) is 6.17. The topological polar surface area (TPSA) is 47.9 Å². The minimum absolute atomic E-state index is 0.0643. The minimum atomic E-state index is -0.343. The Bertz CT molecular complexity index is 502. The van der Waals surface area contributed by atoms with Gasteiger partial charge in [-0.05, 0) is 31.4 Å². The number of rotatable bonds is 14. The van der Waals surface area contributed by atoms with E-state index in [2.05, 4.69) is 6.92 Å². The van der Waals surface area contributed by atoms with Gasteiger partial charge in [0.1, 0.15) is 5.75 Å². The van der Waals surface area contributed by atoms with E-state index in [0.29, 0.717) is 13.0 Å². The van der Waals surface area contributed by atoms with Crippen molar-refractivity contribution < 1.29 is 19.3 Å². The van der Waals surface area contributed by atoms with Gasteiger partial charge in [-0.15, -0.1) is 0 Å². The number of methoxy groups -OCH3 is 1.